The maximum atomic E-state index is 11.0. The average molecular weight is 237 g/mol. The third kappa shape index (κ3) is 4.40. The van der Waals surface area contributed by atoms with E-state index in [1.807, 2.05) is 10.8 Å². The highest BCUT2D eigenvalue weighted by Crippen LogP contribution is 2.07. The molecule has 1 heterocycles. The third-order valence-electron chi connectivity index (χ3n) is 2.37. The van der Waals surface area contributed by atoms with Crippen molar-refractivity contribution in [2.75, 3.05) is 6.54 Å². The maximum Gasteiger partial charge on any atom is 0.331 e. The van der Waals surface area contributed by atoms with Crippen LogP contribution in [0.4, 0.5) is 0 Å². The molecule has 0 aliphatic heterocycles. The predicted molar refractivity (Wildman–Crippen MR) is 65.6 cm³/mol. The predicted octanol–water partition coefficient (Wildman–Crippen LogP) is 1.20. The fraction of sp³-hybridized carbons (Fsp3) is 0.500. The smallest absolute Gasteiger partial charge is 0.331 e. The zero-order valence-corrected chi connectivity index (χ0v) is 10.1. The summed E-state index contributed by atoms with van der Waals surface area (Å²) in [5, 5.41) is 9.03. The van der Waals surface area contributed by atoms with Gasteiger partial charge in [0.25, 0.3) is 0 Å². The first-order valence-electron chi connectivity index (χ1n) is 5.80. The van der Waals surface area contributed by atoms with E-state index in [1.165, 1.54) is 0 Å². The fourth-order valence-electron chi connectivity index (χ4n) is 1.57. The van der Waals surface area contributed by atoms with Crippen molar-refractivity contribution in [1.29, 1.82) is 0 Å². The highest BCUT2D eigenvalue weighted by atomic mass is 16.4. The molecule has 17 heavy (non-hydrogen) atoms. The molecule has 3 N–H and O–H groups in total. The number of imidazole rings is 1. The van der Waals surface area contributed by atoms with Crippen LogP contribution in [-0.2, 0) is 17.8 Å². The Morgan fingerprint density at radius 1 is 1.65 bits per heavy atom. The van der Waals surface area contributed by atoms with Gasteiger partial charge in [-0.05, 0) is 19.4 Å². The summed E-state index contributed by atoms with van der Waals surface area (Å²) < 4.78 is 1.97. The largest absolute Gasteiger partial charge is 0.478 e. The Labute approximate surface area is 101 Å². The second kappa shape index (κ2) is 6.85. The van der Waals surface area contributed by atoms with E-state index in [4.69, 9.17) is 10.8 Å². The molecule has 94 valence electrons. The van der Waals surface area contributed by atoms with Gasteiger partial charge in [0.2, 0.25) is 0 Å². The molecule has 0 spiro atoms. The number of nitrogens with two attached hydrogens (primary N) is 1. The van der Waals surface area contributed by atoms with Crippen molar-refractivity contribution in [3.05, 3.63) is 29.9 Å². The van der Waals surface area contributed by atoms with Crippen molar-refractivity contribution >= 4 is 5.97 Å². The Balaban J connectivity index is 2.68. The highest BCUT2D eigenvalue weighted by Gasteiger charge is 2.09. The van der Waals surface area contributed by atoms with E-state index in [-0.39, 0.29) is 0 Å². The topological polar surface area (TPSA) is 81.1 Å². The number of carboxylic acid groups (broad SMARTS) is 1. The van der Waals surface area contributed by atoms with Gasteiger partial charge in [0.05, 0.1) is 12.0 Å². The SMILES string of the molecule is CCCn1cnc(C/C(=C/CCN)C(=O)O)c1. The lowest BCUT2D eigenvalue weighted by Crippen LogP contribution is -2.06. The molecule has 0 amide bonds. The van der Waals surface area contributed by atoms with Gasteiger partial charge in [-0.15, -0.1) is 0 Å². The summed E-state index contributed by atoms with van der Waals surface area (Å²) in [5.41, 5.74) is 6.50. The van der Waals surface area contributed by atoms with Gasteiger partial charge < -0.3 is 15.4 Å². The van der Waals surface area contributed by atoms with Gasteiger partial charge in [-0.25, -0.2) is 9.78 Å². The van der Waals surface area contributed by atoms with Crippen LogP contribution in [0.2, 0.25) is 0 Å². The zero-order valence-electron chi connectivity index (χ0n) is 10.1. The molecule has 1 aromatic rings. The van der Waals surface area contributed by atoms with Crippen LogP contribution in [0.1, 0.15) is 25.5 Å². The van der Waals surface area contributed by atoms with Gasteiger partial charge in [-0.3, -0.25) is 0 Å². The van der Waals surface area contributed by atoms with Crippen molar-refractivity contribution in [1.82, 2.24) is 9.55 Å². The summed E-state index contributed by atoms with van der Waals surface area (Å²) in [4.78, 5) is 15.2. The number of aromatic nitrogens is 2. The lowest BCUT2D eigenvalue weighted by atomic mass is 10.1. The van der Waals surface area contributed by atoms with E-state index in [2.05, 4.69) is 11.9 Å². The number of rotatable bonds is 7. The van der Waals surface area contributed by atoms with Crippen LogP contribution >= 0.6 is 0 Å². The van der Waals surface area contributed by atoms with Crippen molar-refractivity contribution in [3.63, 3.8) is 0 Å². The number of aryl methyl sites for hydroxylation is 1. The number of carboxylic acids is 1. The van der Waals surface area contributed by atoms with E-state index < -0.39 is 5.97 Å². The zero-order chi connectivity index (χ0) is 12.7. The Bertz CT molecular complexity index is 396. The molecular weight excluding hydrogens is 218 g/mol. The van der Waals surface area contributed by atoms with E-state index in [0.29, 0.717) is 25.0 Å². The van der Waals surface area contributed by atoms with E-state index in [1.54, 1.807) is 12.4 Å². The van der Waals surface area contributed by atoms with Crippen LogP contribution in [0.25, 0.3) is 0 Å². The number of aliphatic carboxylic acids is 1. The maximum absolute atomic E-state index is 11.0. The minimum Gasteiger partial charge on any atom is -0.478 e. The number of carbonyl (C=O) groups is 1. The summed E-state index contributed by atoms with van der Waals surface area (Å²) >= 11 is 0. The van der Waals surface area contributed by atoms with Crippen LogP contribution < -0.4 is 5.73 Å². The summed E-state index contributed by atoms with van der Waals surface area (Å²) in [7, 11) is 0. The van der Waals surface area contributed by atoms with Gasteiger partial charge in [-0.2, -0.15) is 0 Å². The van der Waals surface area contributed by atoms with Crippen LogP contribution in [-0.4, -0.2) is 27.2 Å². The van der Waals surface area contributed by atoms with Gasteiger partial charge in [0.15, 0.2) is 0 Å². The average Bonchev–Trinajstić information content (AvgIpc) is 2.72. The van der Waals surface area contributed by atoms with Crippen LogP contribution in [0.5, 0.6) is 0 Å². The first kappa shape index (κ1) is 13.4. The molecule has 5 heteroatoms. The van der Waals surface area contributed by atoms with Crippen molar-refractivity contribution in [2.45, 2.75) is 32.7 Å². The van der Waals surface area contributed by atoms with E-state index in [0.717, 1.165) is 18.7 Å². The van der Waals surface area contributed by atoms with Crippen molar-refractivity contribution in [2.24, 2.45) is 5.73 Å². The van der Waals surface area contributed by atoms with Gasteiger partial charge in [0.1, 0.15) is 0 Å². The molecule has 5 nitrogen and oxygen atoms in total. The van der Waals surface area contributed by atoms with E-state index in [9.17, 15) is 4.79 Å². The monoisotopic (exact) mass is 237 g/mol. The molecular formula is C12H19N3O2. The summed E-state index contributed by atoms with van der Waals surface area (Å²) in [6, 6.07) is 0. The second-order valence-electron chi connectivity index (χ2n) is 3.89. The van der Waals surface area contributed by atoms with Crippen molar-refractivity contribution in [3.8, 4) is 0 Å². The number of nitrogens with zero attached hydrogens (tertiary/aromatic N) is 2. The minimum absolute atomic E-state index is 0.353. The Kier molecular flexibility index (Phi) is 5.42. The summed E-state index contributed by atoms with van der Waals surface area (Å²) in [5.74, 6) is -0.900. The van der Waals surface area contributed by atoms with E-state index >= 15 is 0 Å². The summed E-state index contributed by atoms with van der Waals surface area (Å²) in [6.45, 7) is 3.45. The summed E-state index contributed by atoms with van der Waals surface area (Å²) in [6.07, 6.45) is 7.26. The first-order valence-corrected chi connectivity index (χ1v) is 5.80. The third-order valence-corrected chi connectivity index (χ3v) is 2.37. The molecule has 0 saturated carbocycles. The molecule has 1 aromatic heterocycles. The lowest BCUT2D eigenvalue weighted by Gasteiger charge is -2.00. The quantitative estimate of drug-likeness (QED) is 0.698. The van der Waals surface area contributed by atoms with Gasteiger partial charge in [-0.1, -0.05) is 13.0 Å². The number of hydrogen-bond acceptors (Lipinski definition) is 3. The Morgan fingerprint density at radius 3 is 3.00 bits per heavy atom. The Hall–Kier alpha value is -1.62. The Morgan fingerprint density at radius 2 is 2.41 bits per heavy atom. The van der Waals surface area contributed by atoms with Gasteiger partial charge in [0, 0.05) is 24.7 Å². The van der Waals surface area contributed by atoms with Crippen LogP contribution in [0, 0.1) is 0 Å². The number of hydrogen-bond donors (Lipinski definition) is 2. The minimum atomic E-state index is -0.900. The van der Waals surface area contributed by atoms with Crippen molar-refractivity contribution < 1.29 is 9.90 Å². The van der Waals surface area contributed by atoms with Gasteiger partial charge >= 0.3 is 5.97 Å². The highest BCUT2D eigenvalue weighted by molar-refractivity contribution is 5.86. The standard InChI is InChI=1S/C12H19N3O2/c1-2-6-15-8-11(14-9-15)7-10(12(16)17)4-3-5-13/h4,8-9H,2-3,5-7,13H2,1H3,(H,16,17)/b10-4-. The molecule has 0 bridgehead atoms. The fourth-order valence-corrected chi connectivity index (χ4v) is 1.57. The molecule has 0 aliphatic carbocycles. The molecule has 0 aromatic carbocycles. The first-order chi connectivity index (χ1) is 8.17. The molecule has 0 aliphatic rings. The second-order valence-corrected chi connectivity index (χ2v) is 3.89. The molecule has 0 radical (unpaired) electrons. The molecule has 0 unspecified atom stereocenters. The molecule has 0 atom stereocenters. The molecule has 0 fully saturated rings. The normalized spacial score (nSPS) is 11.8. The van der Waals surface area contributed by atoms with Crippen LogP contribution in [0.3, 0.4) is 0 Å². The lowest BCUT2D eigenvalue weighted by molar-refractivity contribution is -0.132. The van der Waals surface area contributed by atoms with Crippen LogP contribution in [0.15, 0.2) is 24.2 Å². The molecule has 0 saturated heterocycles. The molecule has 1 rings (SSSR count).